The Morgan fingerprint density at radius 1 is 1.43 bits per heavy atom. The Morgan fingerprint density at radius 3 is 3.07 bits per heavy atom. The maximum Gasteiger partial charge on any atom is 0.262 e. The van der Waals surface area contributed by atoms with E-state index in [9.17, 15) is 4.79 Å². The lowest BCUT2D eigenvalue weighted by Gasteiger charge is -2.13. The summed E-state index contributed by atoms with van der Waals surface area (Å²) in [5.74, 6) is 0.797. The van der Waals surface area contributed by atoms with Crippen molar-refractivity contribution in [1.82, 2.24) is 0 Å². The number of rotatable bonds is 1. The molecule has 3 heteroatoms. The van der Waals surface area contributed by atoms with Crippen LogP contribution >= 0.6 is 0 Å². The van der Waals surface area contributed by atoms with Crippen LogP contribution in [0.5, 0.6) is 11.5 Å². The molecule has 0 unspecified atom stereocenters. The molecule has 0 saturated heterocycles. The molecular weight excluding hydrogens is 180 g/mol. The third kappa shape index (κ3) is 1.45. The quantitative estimate of drug-likeness (QED) is 0.674. The molecule has 1 aliphatic heterocycles. The van der Waals surface area contributed by atoms with Gasteiger partial charge in [-0.1, -0.05) is 12.1 Å². The highest BCUT2D eigenvalue weighted by atomic mass is 16.5. The van der Waals surface area contributed by atoms with E-state index in [0.29, 0.717) is 18.1 Å². The van der Waals surface area contributed by atoms with Crippen LogP contribution in [0.25, 0.3) is 0 Å². The molecule has 1 aromatic rings. The van der Waals surface area contributed by atoms with Crippen LogP contribution in [-0.4, -0.2) is 13.7 Å². The minimum absolute atomic E-state index is 0.146. The van der Waals surface area contributed by atoms with Crippen LogP contribution in [0.4, 0.5) is 0 Å². The van der Waals surface area contributed by atoms with Crippen LogP contribution < -0.4 is 14.9 Å². The average molecular weight is 192 g/mol. The minimum atomic E-state index is -0.146. The van der Waals surface area contributed by atoms with E-state index in [1.807, 2.05) is 12.1 Å². The van der Waals surface area contributed by atoms with Crippen molar-refractivity contribution in [3.05, 3.63) is 34.0 Å². The third-order valence-corrected chi connectivity index (χ3v) is 2.32. The maximum absolute atomic E-state index is 11.8. The van der Waals surface area contributed by atoms with Crippen LogP contribution in [0.1, 0.15) is 12.0 Å². The van der Waals surface area contributed by atoms with Crippen LogP contribution in [0.3, 0.4) is 0 Å². The highest BCUT2D eigenvalue weighted by Gasteiger charge is 2.14. The summed E-state index contributed by atoms with van der Waals surface area (Å²) in [4.78, 5) is 11.8. The van der Waals surface area contributed by atoms with E-state index >= 15 is 0 Å². The molecule has 0 radical (unpaired) electrons. The molecule has 0 saturated carbocycles. The zero-order valence-electron chi connectivity index (χ0n) is 8.08. The molecule has 1 aliphatic rings. The number of aryl methyl sites for hydroxylation is 1. The lowest BCUT2D eigenvalue weighted by Crippen LogP contribution is -2.15. The molecule has 3 nitrogen and oxygen atoms in total. The second kappa shape index (κ2) is 3.70. The van der Waals surface area contributed by atoms with E-state index in [2.05, 4.69) is 0 Å². The largest absolute Gasteiger partial charge is 0.493 e. The zero-order chi connectivity index (χ0) is 9.97. The van der Waals surface area contributed by atoms with Crippen molar-refractivity contribution >= 4 is 0 Å². The molecule has 0 aliphatic carbocycles. The highest BCUT2D eigenvalue weighted by molar-refractivity contribution is 5.39. The molecule has 0 bridgehead atoms. The summed E-state index contributed by atoms with van der Waals surface area (Å²) < 4.78 is 10.3. The lowest BCUT2D eigenvalue weighted by atomic mass is 10.1. The molecule has 1 heterocycles. The molecular formula is C11H12O3. The SMILES string of the molecule is COc1cccc2c(c1=O)OCCC2. The summed E-state index contributed by atoms with van der Waals surface area (Å²) in [5.41, 5.74) is 0.830. The molecule has 0 amide bonds. The van der Waals surface area contributed by atoms with E-state index in [-0.39, 0.29) is 5.43 Å². The fraction of sp³-hybridized carbons (Fsp3) is 0.364. The maximum atomic E-state index is 11.8. The molecule has 0 fully saturated rings. The standard InChI is InChI=1S/C11H12O3/c1-13-9-6-2-4-8-5-3-7-14-11(8)10(9)12/h2,4,6H,3,5,7H2,1H3. The van der Waals surface area contributed by atoms with Gasteiger partial charge in [0, 0.05) is 0 Å². The smallest absolute Gasteiger partial charge is 0.262 e. The predicted octanol–water partition coefficient (Wildman–Crippen LogP) is 1.38. The van der Waals surface area contributed by atoms with Crippen LogP contribution in [-0.2, 0) is 6.42 Å². The number of hydrogen-bond acceptors (Lipinski definition) is 3. The Hall–Kier alpha value is -1.51. The topological polar surface area (TPSA) is 35.5 Å². The molecule has 74 valence electrons. The highest BCUT2D eigenvalue weighted by Crippen LogP contribution is 2.21. The van der Waals surface area contributed by atoms with Gasteiger partial charge in [0.25, 0.3) is 5.43 Å². The average Bonchev–Trinajstić information content (AvgIpc) is 2.39. The molecule has 0 spiro atoms. The van der Waals surface area contributed by atoms with Crippen LogP contribution in [0, 0.1) is 0 Å². The van der Waals surface area contributed by atoms with Crippen molar-refractivity contribution in [2.75, 3.05) is 13.7 Å². The summed E-state index contributed by atoms with van der Waals surface area (Å²) >= 11 is 0. The number of fused-ring (bicyclic) bond motifs is 1. The number of hydrogen-bond donors (Lipinski definition) is 0. The fourth-order valence-electron chi connectivity index (χ4n) is 1.61. The third-order valence-electron chi connectivity index (χ3n) is 2.32. The Bertz CT molecular complexity index is 398. The van der Waals surface area contributed by atoms with E-state index in [1.54, 1.807) is 6.07 Å². The normalized spacial score (nSPS) is 14.1. The van der Waals surface area contributed by atoms with Gasteiger partial charge in [-0.15, -0.1) is 0 Å². The monoisotopic (exact) mass is 192 g/mol. The van der Waals surface area contributed by atoms with Gasteiger partial charge >= 0.3 is 0 Å². The second-order valence-corrected chi connectivity index (χ2v) is 3.23. The summed E-state index contributed by atoms with van der Waals surface area (Å²) in [6.45, 7) is 0.620. The Morgan fingerprint density at radius 2 is 2.29 bits per heavy atom. The molecule has 0 N–H and O–H groups in total. The molecule has 1 aromatic carbocycles. The van der Waals surface area contributed by atoms with Gasteiger partial charge in [-0.05, 0) is 24.5 Å². The lowest BCUT2D eigenvalue weighted by molar-refractivity contribution is 0.284. The first kappa shape index (κ1) is 9.06. The molecule has 2 rings (SSSR count). The van der Waals surface area contributed by atoms with Gasteiger partial charge in [0.2, 0.25) is 0 Å². The second-order valence-electron chi connectivity index (χ2n) is 3.23. The van der Waals surface area contributed by atoms with Gasteiger partial charge < -0.3 is 9.47 Å². The van der Waals surface area contributed by atoms with Crippen molar-refractivity contribution < 1.29 is 9.47 Å². The molecule has 0 aromatic heterocycles. The predicted molar refractivity (Wildman–Crippen MR) is 53.1 cm³/mol. The Balaban J connectivity index is 2.65. The first-order chi connectivity index (χ1) is 6.83. The Labute approximate surface area is 82.3 Å². The van der Waals surface area contributed by atoms with Gasteiger partial charge in [-0.2, -0.15) is 0 Å². The first-order valence-corrected chi connectivity index (χ1v) is 4.66. The van der Waals surface area contributed by atoms with Crippen molar-refractivity contribution in [2.24, 2.45) is 0 Å². The number of methoxy groups -OCH3 is 1. The molecule has 14 heavy (non-hydrogen) atoms. The summed E-state index contributed by atoms with van der Waals surface area (Å²) in [5, 5.41) is 0. The van der Waals surface area contributed by atoms with Gasteiger partial charge in [-0.3, -0.25) is 4.79 Å². The number of ether oxygens (including phenoxy) is 2. The van der Waals surface area contributed by atoms with E-state index < -0.39 is 0 Å². The van der Waals surface area contributed by atoms with Gasteiger partial charge in [0.15, 0.2) is 11.5 Å². The van der Waals surface area contributed by atoms with Crippen molar-refractivity contribution in [3.63, 3.8) is 0 Å². The van der Waals surface area contributed by atoms with Gasteiger partial charge in [0.05, 0.1) is 13.7 Å². The van der Waals surface area contributed by atoms with Crippen molar-refractivity contribution in [1.29, 1.82) is 0 Å². The first-order valence-electron chi connectivity index (χ1n) is 4.66. The van der Waals surface area contributed by atoms with Gasteiger partial charge in [0.1, 0.15) is 0 Å². The zero-order valence-corrected chi connectivity index (χ0v) is 8.08. The molecule has 0 atom stereocenters. The van der Waals surface area contributed by atoms with Crippen molar-refractivity contribution in [3.8, 4) is 11.5 Å². The summed E-state index contributed by atoms with van der Waals surface area (Å²) in [6.07, 6.45) is 1.88. The minimum Gasteiger partial charge on any atom is -0.493 e. The van der Waals surface area contributed by atoms with E-state index in [1.165, 1.54) is 7.11 Å². The van der Waals surface area contributed by atoms with Crippen LogP contribution in [0.2, 0.25) is 0 Å². The van der Waals surface area contributed by atoms with E-state index in [4.69, 9.17) is 9.47 Å². The van der Waals surface area contributed by atoms with Crippen LogP contribution in [0.15, 0.2) is 23.0 Å². The van der Waals surface area contributed by atoms with Crippen molar-refractivity contribution in [2.45, 2.75) is 12.8 Å². The van der Waals surface area contributed by atoms with Gasteiger partial charge in [-0.25, -0.2) is 0 Å². The summed E-state index contributed by atoms with van der Waals surface area (Å²) in [7, 11) is 1.49. The van der Waals surface area contributed by atoms with E-state index in [0.717, 1.165) is 18.4 Å². The Kier molecular flexibility index (Phi) is 2.39. The fourth-order valence-corrected chi connectivity index (χ4v) is 1.61. The summed E-state index contributed by atoms with van der Waals surface area (Å²) in [6, 6.07) is 5.41.